The molecule has 0 N–H and O–H groups in total. The number of fused-ring (bicyclic) bond motifs is 1. The first-order chi connectivity index (χ1) is 17.5. The van der Waals surface area contributed by atoms with Crippen LogP contribution in [0.3, 0.4) is 0 Å². The number of amides is 1. The summed E-state index contributed by atoms with van der Waals surface area (Å²) in [5.74, 6) is 0.160. The molecule has 1 amide bonds. The van der Waals surface area contributed by atoms with E-state index >= 15 is 0 Å². The Labute approximate surface area is 232 Å². The Morgan fingerprint density at radius 3 is 2.64 bits per heavy atom. The number of carbonyl (C=O) groups is 1. The number of hydrogen-bond acceptors (Lipinski definition) is 4. The van der Waals surface area contributed by atoms with Crippen LogP contribution >= 0.6 is 45.5 Å². The average Bonchev–Trinajstić information content (AvgIpc) is 3.25. The Morgan fingerprint density at radius 1 is 1.17 bits per heavy atom. The summed E-state index contributed by atoms with van der Waals surface area (Å²) in [5, 5.41) is 0.520. The molecule has 4 nitrogen and oxygen atoms in total. The van der Waals surface area contributed by atoms with Crippen molar-refractivity contribution in [2.75, 3.05) is 7.11 Å². The maximum absolute atomic E-state index is 14.5. The van der Waals surface area contributed by atoms with E-state index in [9.17, 15) is 9.18 Å². The van der Waals surface area contributed by atoms with Gasteiger partial charge in [0.2, 0.25) is 0 Å². The highest BCUT2D eigenvalue weighted by Gasteiger charge is 2.31. The molecule has 0 saturated heterocycles. The van der Waals surface area contributed by atoms with Gasteiger partial charge >= 0.3 is 0 Å². The molecule has 0 spiro atoms. The van der Waals surface area contributed by atoms with Crippen molar-refractivity contribution in [1.29, 1.82) is 0 Å². The van der Waals surface area contributed by atoms with E-state index in [1.807, 2.05) is 35.4 Å². The first-order valence-electron chi connectivity index (χ1n) is 11.9. The van der Waals surface area contributed by atoms with Gasteiger partial charge < -0.3 is 9.64 Å². The monoisotopic (exact) mass is 634 g/mol. The smallest absolute Gasteiger partial charge is 0.266 e. The number of nitrogens with zero attached hydrogens (tertiary/aromatic N) is 2. The normalized spacial score (nSPS) is 14.2. The van der Waals surface area contributed by atoms with Crippen LogP contribution in [0.1, 0.15) is 47.3 Å². The lowest BCUT2D eigenvalue weighted by molar-refractivity contribution is 0.0618. The molecular formula is C28H25ClFIN2O2S. The zero-order valence-corrected chi connectivity index (χ0v) is 23.5. The van der Waals surface area contributed by atoms with Gasteiger partial charge in [0.15, 0.2) is 0 Å². The van der Waals surface area contributed by atoms with E-state index in [4.69, 9.17) is 16.3 Å². The molecular weight excluding hydrogens is 610 g/mol. The third-order valence-electron chi connectivity index (χ3n) is 6.76. The van der Waals surface area contributed by atoms with Crippen molar-refractivity contribution in [1.82, 2.24) is 9.88 Å². The molecule has 36 heavy (non-hydrogen) atoms. The topological polar surface area (TPSA) is 42.4 Å². The van der Waals surface area contributed by atoms with E-state index in [1.54, 1.807) is 19.2 Å². The molecule has 186 valence electrons. The van der Waals surface area contributed by atoms with Gasteiger partial charge in [0.05, 0.1) is 12.1 Å². The van der Waals surface area contributed by atoms with E-state index < -0.39 is 5.82 Å². The molecule has 1 fully saturated rings. The van der Waals surface area contributed by atoms with Gasteiger partial charge in [-0.15, -0.1) is 11.3 Å². The largest absolute Gasteiger partial charge is 0.496 e. The summed E-state index contributed by atoms with van der Waals surface area (Å²) in [6, 6.07) is 14.9. The summed E-state index contributed by atoms with van der Waals surface area (Å²) in [6.07, 6.45) is 7.05. The van der Waals surface area contributed by atoms with Crippen molar-refractivity contribution in [2.45, 2.75) is 44.7 Å². The summed E-state index contributed by atoms with van der Waals surface area (Å²) in [4.78, 5) is 20.7. The summed E-state index contributed by atoms with van der Waals surface area (Å²) in [6.45, 7) is 0.380. The number of aromatic nitrogens is 1. The Balaban J connectivity index is 1.55. The molecule has 1 aliphatic carbocycles. The number of hydrogen-bond donors (Lipinski definition) is 0. The van der Waals surface area contributed by atoms with Crippen LogP contribution in [-0.4, -0.2) is 28.9 Å². The summed E-state index contributed by atoms with van der Waals surface area (Å²) < 4.78 is 21.8. The molecule has 2 aromatic heterocycles. The molecule has 1 saturated carbocycles. The number of carbonyl (C=O) groups excluding carboxylic acids is 1. The molecule has 2 aromatic carbocycles. The van der Waals surface area contributed by atoms with Crippen LogP contribution in [0.5, 0.6) is 5.75 Å². The van der Waals surface area contributed by atoms with Crippen molar-refractivity contribution in [3.05, 3.63) is 79.7 Å². The van der Waals surface area contributed by atoms with Crippen molar-refractivity contribution in [3.63, 3.8) is 0 Å². The molecule has 2 heterocycles. The third-order valence-corrected chi connectivity index (χ3v) is 9.03. The number of benzene rings is 2. The van der Waals surface area contributed by atoms with E-state index in [-0.39, 0.29) is 17.0 Å². The van der Waals surface area contributed by atoms with Gasteiger partial charge in [-0.25, -0.2) is 9.37 Å². The highest BCUT2D eigenvalue weighted by Crippen LogP contribution is 2.39. The van der Waals surface area contributed by atoms with Crippen LogP contribution in [-0.2, 0) is 6.54 Å². The number of halogens is 3. The second-order valence-corrected chi connectivity index (χ2v) is 11.5. The molecule has 0 atom stereocenters. The van der Waals surface area contributed by atoms with E-state index in [1.165, 1.54) is 23.8 Å². The molecule has 0 bridgehead atoms. The quantitative estimate of drug-likeness (QED) is 0.158. The van der Waals surface area contributed by atoms with Gasteiger partial charge in [0.1, 0.15) is 20.1 Å². The number of ether oxygens (including phenoxy) is 1. The molecule has 1 aliphatic rings. The van der Waals surface area contributed by atoms with Crippen LogP contribution in [0.15, 0.2) is 54.7 Å². The fourth-order valence-corrected chi connectivity index (χ4v) is 6.74. The maximum Gasteiger partial charge on any atom is 0.266 e. The van der Waals surface area contributed by atoms with Crippen molar-refractivity contribution >= 4 is 61.5 Å². The first-order valence-corrected chi connectivity index (χ1v) is 14.2. The van der Waals surface area contributed by atoms with Crippen LogP contribution in [0.25, 0.3) is 21.2 Å². The molecule has 4 aromatic rings. The number of rotatable bonds is 6. The highest BCUT2D eigenvalue weighted by molar-refractivity contribution is 14.1. The predicted octanol–water partition coefficient (Wildman–Crippen LogP) is 8.34. The second-order valence-electron chi connectivity index (χ2n) is 8.98. The van der Waals surface area contributed by atoms with Gasteiger partial charge in [0, 0.05) is 40.0 Å². The van der Waals surface area contributed by atoms with Crippen molar-refractivity contribution in [2.24, 2.45) is 0 Å². The van der Waals surface area contributed by atoms with Crippen LogP contribution in [0, 0.1) is 9.52 Å². The molecule has 0 radical (unpaired) electrons. The predicted molar refractivity (Wildman–Crippen MR) is 152 cm³/mol. The van der Waals surface area contributed by atoms with E-state index in [0.29, 0.717) is 21.5 Å². The third kappa shape index (κ3) is 5.10. The van der Waals surface area contributed by atoms with Crippen LogP contribution < -0.4 is 4.74 Å². The molecule has 0 unspecified atom stereocenters. The molecule has 0 aliphatic heterocycles. The number of methoxy groups -OCH3 is 1. The molecule has 8 heteroatoms. The second kappa shape index (κ2) is 11.0. The van der Waals surface area contributed by atoms with Gasteiger partial charge in [-0.05, 0) is 71.3 Å². The lowest BCUT2D eigenvalue weighted by Gasteiger charge is -2.34. The average molecular weight is 635 g/mol. The van der Waals surface area contributed by atoms with Crippen molar-refractivity contribution in [3.8, 4) is 16.9 Å². The fourth-order valence-electron chi connectivity index (χ4n) is 4.91. The zero-order chi connectivity index (χ0) is 25.2. The summed E-state index contributed by atoms with van der Waals surface area (Å²) in [5.41, 5.74) is 2.92. The Kier molecular flexibility index (Phi) is 7.79. The van der Waals surface area contributed by atoms with E-state index in [2.05, 4.69) is 33.6 Å². The fraction of sp³-hybridized carbons (Fsp3) is 0.286. The van der Waals surface area contributed by atoms with E-state index in [0.717, 1.165) is 51.8 Å². The zero-order valence-electron chi connectivity index (χ0n) is 19.8. The van der Waals surface area contributed by atoms with Gasteiger partial charge in [-0.2, -0.15) is 0 Å². The number of thiophene rings is 1. The Morgan fingerprint density at radius 2 is 1.94 bits per heavy atom. The SMILES string of the molecule is COc1ccc(-c2ccc(I)nc2)cc1CN(C(=O)c1sc2cccc(F)c2c1Cl)C1CCCCC1. The summed E-state index contributed by atoms with van der Waals surface area (Å²) >= 11 is 10.1. The van der Waals surface area contributed by atoms with Crippen LogP contribution in [0.2, 0.25) is 5.02 Å². The maximum atomic E-state index is 14.5. The lowest BCUT2D eigenvalue weighted by atomic mass is 9.93. The van der Waals surface area contributed by atoms with Crippen LogP contribution in [0.4, 0.5) is 4.39 Å². The highest BCUT2D eigenvalue weighted by atomic mass is 127. The van der Waals surface area contributed by atoms with Crippen molar-refractivity contribution < 1.29 is 13.9 Å². The standard InChI is InChI=1S/C28H25ClFIN2O2S/c1-35-22-12-10-17(18-11-13-24(31)32-15-18)14-19(22)16-33(20-6-3-2-4-7-20)28(34)27-26(29)25-21(30)8-5-9-23(25)36-27/h5,8-15,20H,2-4,6-7,16H2,1H3. The van der Waals surface area contributed by atoms with Gasteiger partial charge in [-0.3, -0.25) is 4.79 Å². The minimum absolute atomic E-state index is 0.0886. The summed E-state index contributed by atoms with van der Waals surface area (Å²) in [7, 11) is 1.64. The first kappa shape index (κ1) is 25.4. The van der Waals surface area contributed by atoms with Gasteiger partial charge in [0.25, 0.3) is 5.91 Å². The Hall–Kier alpha value is -2.23. The molecule has 5 rings (SSSR count). The minimum Gasteiger partial charge on any atom is -0.496 e. The Bertz CT molecular complexity index is 1400. The van der Waals surface area contributed by atoms with Gasteiger partial charge in [-0.1, -0.05) is 49.1 Å². The number of pyridine rings is 1. The lowest BCUT2D eigenvalue weighted by Crippen LogP contribution is -2.40. The minimum atomic E-state index is -0.405.